The van der Waals surface area contributed by atoms with E-state index in [1.165, 1.54) is 6.20 Å². The van der Waals surface area contributed by atoms with E-state index in [1.54, 1.807) is 19.2 Å². The first-order chi connectivity index (χ1) is 16.9. The van der Waals surface area contributed by atoms with Crippen molar-refractivity contribution in [2.24, 2.45) is 0 Å². The highest BCUT2D eigenvalue weighted by molar-refractivity contribution is 5.94. The lowest BCUT2D eigenvalue weighted by molar-refractivity contribution is -0.118. The number of ether oxygens (including phenoxy) is 2. The second-order valence-electron chi connectivity index (χ2n) is 8.96. The molecule has 4 heterocycles. The summed E-state index contributed by atoms with van der Waals surface area (Å²) in [6, 6.07) is 9.07. The number of carbonyl (C=O) groups is 1. The molecule has 2 aliphatic heterocycles. The van der Waals surface area contributed by atoms with E-state index in [2.05, 4.69) is 20.6 Å². The largest absolute Gasteiger partial charge is 0.497 e. The van der Waals surface area contributed by atoms with Crippen molar-refractivity contribution < 1.29 is 23.8 Å². The number of piperidine rings is 1. The van der Waals surface area contributed by atoms with E-state index in [0.29, 0.717) is 79.3 Å². The van der Waals surface area contributed by atoms with Crippen LogP contribution in [-0.4, -0.2) is 59.9 Å². The summed E-state index contributed by atoms with van der Waals surface area (Å²) in [7, 11) is 1.58. The highest BCUT2D eigenvalue weighted by Gasteiger charge is 2.33. The molecule has 0 atom stereocenters. The molecular weight excluding hydrogens is 453 g/mol. The second-order valence-corrected chi connectivity index (χ2v) is 8.96. The molecule has 0 radical (unpaired) electrons. The average Bonchev–Trinajstić information content (AvgIpc) is 2.87. The fourth-order valence-corrected chi connectivity index (χ4v) is 4.62. The summed E-state index contributed by atoms with van der Waals surface area (Å²) in [6.07, 6.45) is 2.88. The lowest BCUT2D eigenvalue weighted by Gasteiger charge is -2.39. The van der Waals surface area contributed by atoms with Crippen molar-refractivity contribution in [1.29, 1.82) is 0 Å². The number of methoxy groups -OCH3 is 1. The number of aliphatic hydroxyl groups is 1. The number of hydrogen-bond acceptors (Lipinski definition) is 8. The molecule has 0 spiro atoms. The molecule has 5 rings (SSSR count). The Bertz CT molecular complexity index is 1250. The molecule has 3 aromatic rings. The average molecular weight is 482 g/mol. The molecule has 1 fully saturated rings. The Kier molecular flexibility index (Phi) is 6.40. The quantitative estimate of drug-likeness (QED) is 0.442. The Morgan fingerprint density at radius 1 is 1.29 bits per heavy atom. The Labute approximate surface area is 202 Å². The summed E-state index contributed by atoms with van der Waals surface area (Å²) < 4.78 is 25.5. The van der Waals surface area contributed by atoms with Gasteiger partial charge in [0.05, 0.1) is 35.8 Å². The van der Waals surface area contributed by atoms with Crippen molar-refractivity contribution in [2.45, 2.75) is 31.4 Å². The Hall–Kier alpha value is -3.50. The Morgan fingerprint density at radius 2 is 2.11 bits per heavy atom. The number of rotatable bonds is 7. The van der Waals surface area contributed by atoms with Gasteiger partial charge >= 0.3 is 0 Å². The zero-order valence-electron chi connectivity index (χ0n) is 19.5. The van der Waals surface area contributed by atoms with Crippen molar-refractivity contribution in [1.82, 2.24) is 15.3 Å². The fraction of sp³-hybridized carbons (Fsp3) is 0.400. The van der Waals surface area contributed by atoms with Crippen molar-refractivity contribution in [2.75, 3.05) is 43.6 Å². The van der Waals surface area contributed by atoms with E-state index in [0.717, 1.165) is 5.69 Å². The number of anilines is 2. The summed E-state index contributed by atoms with van der Waals surface area (Å²) in [4.78, 5) is 22.1. The maximum atomic E-state index is 14.8. The van der Waals surface area contributed by atoms with Gasteiger partial charge in [-0.3, -0.25) is 9.78 Å². The number of halogens is 1. The molecule has 35 heavy (non-hydrogen) atoms. The van der Waals surface area contributed by atoms with E-state index in [4.69, 9.17) is 9.47 Å². The number of benzene rings is 1. The van der Waals surface area contributed by atoms with Crippen LogP contribution in [0.15, 0.2) is 36.5 Å². The van der Waals surface area contributed by atoms with Gasteiger partial charge in [0.25, 0.3) is 5.91 Å². The van der Waals surface area contributed by atoms with Gasteiger partial charge in [-0.1, -0.05) is 0 Å². The first kappa shape index (κ1) is 23.3. The highest BCUT2D eigenvalue weighted by atomic mass is 19.1. The molecular formula is C25H28FN5O4. The van der Waals surface area contributed by atoms with Crippen LogP contribution in [0, 0.1) is 5.82 Å². The number of aromatic nitrogens is 2. The number of carbonyl (C=O) groups excluding carboxylic acids is 1. The van der Waals surface area contributed by atoms with Crippen LogP contribution in [0.25, 0.3) is 10.9 Å². The second kappa shape index (κ2) is 9.63. The van der Waals surface area contributed by atoms with Gasteiger partial charge in [0, 0.05) is 25.0 Å². The molecule has 2 aliphatic rings. The van der Waals surface area contributed by atoms with Crippen LogP contribution in [0.2, 0.25) is 0 Å². The van der Waals surface area contributed by atoms with Gasteiger partial charge in [-0.25, -0.2) is 9.37 Å². The van der Waals surface area contributed by atoms with Crippen molar-refractivity contribution in [3.8, 4) is 11.5 Å². The minimum absolute atomic E-state index is 0.000503. The Morgan fingerprint density at radius 3 is 2.91 bits per heavy atom. The number of hydrogen-bond donors (Lipinski definition) is 3. The van der Waals surface area contributed by atoms with Crippen LogP contribution in [0.5, 0.6) is 11.5 Å². The van der Waals surface area contributed by atoms with E-state index in [9.17, 15) is 14.3 Å². The molecule has 1 aromatic carbocycles. The van der Waals surface area contributed by atoms with Crippen LogP contribution in [0.1, 0.15) is 25.0 Å². The zero-order chi connectivity index (χ0) is 24.4. The van der Waals surface area contributed by atoms with Crippen LogP contribution < -0.4 is 25.0 Å². The lowest BCUT2D eigenvalue weighted by atomic mass is 9.88. The molecule has 10 heteroatoms. The summed E-state index contributed by atoms with van der Waals surface area (Å²) >= 11 is 0. The maximum absolute atomic E-state index is 14.8. The van der Waals surface area contributed by atoms with Crippen LogP contribution >= 0.6 is 0 Å². The number of amides is 1. The number of nitrogens with zero attached hydrogens (tertiary/aromatic N) is 3. The molecule has 1 amide bonds. The highest BCUT2D eigenvalue weighted by Crippen LogP contribution is 2.35. The van der Waals surface area contributed by atoms with Crippen molar-refractivity contribution in [3.05, 3.63) is 48.0 Å². The summed E-state index contributed by atoms with van der Waals surface area (Å²) in [6.45, 7) is 2.18. The van der Waals surface area contributed by atoms with Crippen LogP contribution in [-0.2, 0) is 11.3 Å². The first-order valence-corrected chi connectivity index (χ1v) is 11.7. The van der Waals surface area contributed by atoms with Gasteiger partial charge in [0.1, 0.15) is 5.75 Å². The van der Waals surface area contributed by atoms with Gasteiger partial charge < -0.3 is 30.1 Å². The molecule has 2 aromatic heterocycles. The predicted octanol–water partition coefficient (Wildman–Crippen LogP) is 2.62. The first-order valence-electron chi connectivity index (χ1n) is 11.7. The number of fused-ring (bicyclic) bond motifs is 2. The van der Waals surface area contributed by atoms with E-state index in [-0.39, 0.29) is 18.3 Å². The van der Waals surface area contributed by atoms with E-state index >= 15 is 0 Å². The van der Waals surface area contributed by atoms with Gasteiger partial charge in [0.15, 0.2) is 24.0 Å². The SMILES string of the molecule is COc1ccc2ncc(F)c(N3CCC(O)(CCNCc4ccc5c(n4)NC(=O)CO5)CC3)c2c1. The normalized spacial score (nSPS) is 17.0. The lowest BCUT2D eigenvalue weighted by Crippen LogP contribution is -2.46. The number of pyridine rings is 2. The van der Waals surface area contributed by atoms with E-state index in [1.807, 2.05) is 23.1 Å². The summed E-state index contributed by atoms with van der Waals surface area (Å²) in [5.74, 6) is 1.04. The molecule has 9 nitrogen and oxygen atoms in total. The van der Waals surface area contributed by atoms with Gasteiger partial charge in [-0.05, 0) is 56.1 Å². The molecule has 0 saturated carbocycles. The third-order valence-electron chi connectivity index (χ3n) is 6.62. The molecule has 184 valence electrons. The molecule has 1 saturated heterocycles. The van der Waals surface area contributed by atoms with Gasteiger partial charge in [0.2, 0.25) is 0 Å². The Balaban J connectivity index is 1.17. The van der Waals surface area contributed by atoms with Crippen molar-refractivity contribution in [3.63, 3.8) is 0 Å². The molecule has 3 N–H and O–H groups in total. The molecule has 0 unspecified atom stereocenters. The van der Waals surface area contributed by atoms with Crippen LogP contribution in [0.4, 0.5) is 15.9 Å². The van der Waals surface area contributed by atoms with Gasteiger partial charge in [-0.2, -0.15) is 0 Å². The minimum atomic E-state index is -0.828. The van der Waals surface area contributed by atoms with E-state index < -0.39 is 5.60 Å². The smallest absolute Gasteiger partial charge is 0.263 e. The monoisotopic (exact) mass is 481 g/mol. The molecule has 0 aliphatic carbocycles. The third kappa shape index (κ3) is 4.98. The predicted molar refractivity (Wildman–Crippen MR) is 129 cm³/mol. The molecule has 0 bridgehead atoms. The zero-order valence-corrected chi connectivity index (χ0v) is 19.5. The van der Waals surface area contributed by atoms with Gasteiger partial charge in [-0.15, -0.1) is 0 Å². The number of nitrogens with one attached hydrogen (secondary N) is 2. The summed E-state index contributed by atoms with van der Waals surface area (Å²) in [5.41, 5.74) is 1.15. The maximum Gasteiger partial charge on any atom is 0.263 e. The fourth-order valence-electron chi connectivity index (χ4n) is 4.62. The minimum Gasteiger partial charge on any atom is -0.497 e. The van der Waals surface area contributed by atoms with Crippen LogP contribution in [0.3, 0.4) is 0 Å². The van der Waals surface area contributed by atoms with Crippen molar-refractivity contribution >= 4 is 28.3 Å². The standard InChI is InChI=1S/C25H28FN5O4/c1-34-17-3-4-20-18(12-17)23(19(26)14-28-20)31-10-7-25(33,8-11-31)6-9-27-13-16-2-5-21-24(29-16)30-22(32)15-35-21/h2-5,12,14,27,33H,6-11,13,15H2,1H3,(H,29,30,32). The third-order valence-corrected chi connectivity index (χ3v) is 6.62. The topological polar surface area (TPSA) is 109 Å². The summed E-state index contributed by atoms with van der Waals surface area (Å²) in [5, 5.41) is 17.8.